The van der Waals surface area contributed by atoms with E-state index < -0.39 is 0 Å². The van der Waals surface area contributed by atoms with Crippen LogP contribution in [0.1, 0.15) is 18.4 Å². The standard InChI is InChI=1S/C11H19N3O/c1-14-6-9(5-13-14)4-11(7-12,8-15)10-2-3-10/h5-6,10,15H,2-4,7-8,12H2,1H3. The quantitative estimate of drug-likeness (QED) is 0.733. The number of aromatic nitrogens is 2. The summed E-state index contributed by atoms with van der Waals surface area (Å²) in [6.07, 6.45) is 7.12. The first-order valence-corrected chi connectivity index (χ1v) is 5.48. The number of aliphatic hydroxyl groups excluding tert-OH is 1. The molecule has 1 aromatic heterocycles. The van der Waals surface area contributed by atoms with Crippen LogP contribution in [-0.2, 0) is 13.5 Å². The van der Waals surface area contributed by atoms with Crippen molar-refractivity contribution in [3.63, 3.8) is 0 Å². The van der Waals surface area contributed by atoms with Gasteiger partial charge in [0.2, 0.25) is 0 Å². The number of hydrogen-bond acceptors (Lipinski definition) is 3. The van der Waals surface area contributed by atoms with Gasteiger partial charge < -0.3 is 10.8 Å². The monoisotopic (exact) mass is 209 g/mol. The lowest BCUT2D eigenvalue weighted by molar-refractivity contribution is 0.109. The number of aryl methyl sites for hydroxylation is 1. The van der Waals surface area contributed by atoms with E-state index in [4.69, 9.17) is 5.73 Å². The lowest BCUT2D eigenvalue weighted by Gasteiger charge is -2.30. The average Bonchev–Trinajstić information content (AvgIpc) is 3.01. The average molecular weight is 209 g/mol. The van der Waals surface area contributed by atoms with Crippen LogP contribution >= 0.6 is 0 Å². The molecule has 1 atom stereocenters. The molecule has 0 amide bonds. The second-order valence-electron chi connectivity index (χ2n) is 4.70. The summed E-state index contributed by atoms with van der Waals surface area (Å²) in [4.78, 5) is 0. The summed E-state index contributed by atoms with van der Waals surface area (Å²) in [5, 5.41) is 13.7. The van der Waals surface area contributed by atoms with Crippen molar-refractivity contribution >= 4 is 0 Å². The van der Waals surface area contributed by atoms with E-state index in [0.717, 1.165) is 6.42 Å². The molecule has 3 N–H and O–H groups in total. The molecule has 0 saturated heterocycles. The van der Waals surface area contributed by atoms with Crippen LogP contribution in [-0.4, -0.2) is 28.0 Å². The number of aliphatic hydroxyl groups is 1. The van der Waals surface area contributed by atoms with Crippen LogP contribution in [0.4, 0.5) is 0 Å². The Kier molecular flexibility index (Phi) is 2.80. The van der Waals surface area contributed by atoms with Gasteiger partial charge in [-0.2, -0.15) is 5.10 Å². The van der Waals surface area contributed by atoms with Gasteiger partial charge in [-0.1, -0.05) is 0 Å². The Bertz CT molecular complexity index is 326. The summed E-state index contributed by atoms with van der Waals surface area (Å²) >= 11 is 0. The normalized spacial score (nSPS) is 20.2. The zero-order valence-corrected chi connectivity index (χ0v) is 9.19. The van der Waals surface area contributed by atoms with Crippen molar-refractivity contribution in [2.75, 3.05) is 13.2 Å². The van der Waals surface area contributed by atoms with Gasteiger partial charge in [-0.25, -0.2) is 0 Å². The zero-order valence-electron chi connectivity index (χ0n) is 9.19. The van der Waals surface area contributed by atoms with Crippen LogP contribution in [0.3, 0.4) is 0 Å². The largest absolute Gasteiger partial charge is 0.396 e. The van der Waals surface area contributed by atoms with Crippen LogP contribution in [0.5, 0.6) is 0 Å². The summed E-state index contributed by atoms with van der Waals surface area (Å²) in [5.41, 5.74) is 6.89. The van der Waals surface area contributed by atoms with Gasteiger partial charge in [0, 0.05) is 25.2 Å². The van der Waals surface area contributed by atoms with E-state index in [2.05, 4.69) is 5.10 Å². The second kappa shape index (κ2) is 3.94. The molecule has 0 bridgehead atoms. The van der Waals surface area contributed by atoms with Gasteiger partial charge in [0.25, 0.3) is 0 Å². The number of nitrogens with zero attached hydrogens (tertiary/aromatic N) is 2. The van der Waals surface area contributed by atoms with Gasteiger partial charge in [0.1, 0.15) is 0 Å². The Balaban J connectivity index is 2.12. The first-order valence-electron chi connectivity index (χ1n) is 5.48. The highest BCUT2D eigenvalue weighted by molar-refractivity contribution is 5.10. The highest BCUT2D eigenvalue weighted by Crippen LogP contribution is 2.46. The van der Waals surface area contributed by atoms with Gasteiger partial charge >= 0.3 is 0 Å². The molecule has 84 valence electrons. The van der Waals surface area contributed by atoms with Crippen LogP contribution in [0.25, 0.3) is 0 Å². The molecule has 1 aliphatic rings. The first kappa shape index (κ1) is 10.6. The molecule has 0 spiro atoms. The predicted octanol–water partition coefficient (Wildman–Crippen LogP) is 0.310. The fourth-order valence-electron chi connectivity index (χ4n) is 2.30. The van der Waals surface area contributed by atoms with Gasteiger partial charge in [-0.15, -0.1) is 0 Å². The van der Waals surface area contributed by atoms with Crippen molar-refractivity contribution in [1.82, 2.24) is 9.78 Å². The Hall–Kier alpha value is -0.870. The lowest BCUT2D eigenvalue weighted by Crippen LogP contribution is -2.38. The maximum Gasteiger partial charge on any atom is 0.0521 e. The number of rotatable bonds is 5. The molecule has 4 nitrogen and oxygen atoms in total. The van der Waals surface area contributed by atoms with Crippen molar-refractivity contribution in [3.05, 3.63) is 18.0 Å². The van der Waals surface area contributed by atoms with Crippen molar-refractivity contribution in [1.29, 1.82) is 0 Å². The first-order chi connectivity index (χ1) is 7.20. The molecular weight excluding hydrogens is 190 g/mol. The summed E-state index contributed by atoms with van der Waals surface area (Å²) in [7, 11) is 1.91. The van der Waals surface area contributed by atoms with Crippen LogP contribution < -0.4 is 5.73 Å². The van der Waals surface area contributed by atoms with Crippen molar-refractivity contribution < 1.29 is 5.11 Å². The maximum absolute atomic E-state index is 9.55. The zero-order chi connectivity index (χ0) is 10.9. The van der Waals surface area contributed by atoms with Crippen molar-refractivity contribution in [2.24, 2.45) is 24.1 Å². The molecule has 0 aliphatic heterocycles. The number of nitrogens with two attached hydrogens (primary N) is 1. The van der Waals surface area contributed by atoms with Crippen LogP contribution in [0.15, 0.2) is 12.4 Å². The lowest BCUT2D eigenvalue weighted by atomic mass is 9.78. The van der Waals surface area contributed by atoms with E-state index in [1.807, 2.05) is 19.4 Å². The molecule has 1 fully saturated rings. The Labute approximate surface area is 90.1 Å². The third-order valence-corrected chi connectivity index (χ3v) is 3.48. The molecule has 1 saturated carbocycles. The van der Waals surface area contributed by atoms with E-state index in [0.29, 0.717) is 12.5 Å². The van der Waals surface area contributed by atoms with Gasteiger partial charge in [0.05, 0.1) is 12.8 Å². The molecule has 0 radical (unpaired) electrons. The Morgan fingerprint density at radius 2 is 2.40 bits per heavy atom. The summed E-state index contributed by atoms with van der Waals surface area (Å²) in [5.74, 6) is 0.604. The molecule has 1 unspecified atom stereocenters. The SMILES string of the molecule is Cn1cc(CC(CN)(CO)C2CC2)cn1. The highest BCUT2D eigenvalue weighted by atomic mass is 16.3. The molecular formula is C11H19N3O. The molecule has 2 rings (SSSR count). The summed E-state index contributed by atoms with van der Waals surface area (Å²) in [6, 6.07) is 0. The minimum atomic E-state index is -0.108. The predicted molar refractivity (Wildman–Crippen MR) is 58.2 cm³/mol. The van der Waals surface area contributed by atoms with Gasteiger partial charge in [-0.05, 0) is 30.7 Å². The Morgan fingerprint density at radius 1 is 1.67 bits per heavy atom. The van der Waals surface area contributed by atoms with E-state index >= 15 is 0 Å². The van der Waals surface area contributed by atoms with Gasteiger partial charge in [-0.3, -0.25) is 4.68 Å². The minimum absolute atomic E-state index is 0.108. The molecule has 0 aromatic carbocycles. The topological polar surface area (TPSA) is 64.1 Å². The third-order valence-electron chi connectivity index (χ3n) is 3.48. The van der Waals surface area contributed by atoms with E-state index in [1.165, 1.54) is 18.4 Å². The summed E-state index contributed by atoms with van der Waals surface area (Å²) in [6.45, 7) is 0.742. The van der Waals surface area contributed by atoms with E-state index in [-0.39, 0.29) is 12.0 Å². The van der Waals surface area contributed by atoms with Crippen LogP contribution in [0, 0.1) is 11.3 Å². The van der Waals surface area contributed by atoms with E-state index in [1.54, 1.807) is 4.68 Å². The molecule has 1 heterocycles. The Morgan fingerprint density at radius 3 is 2.80 bits per heavy atom. The fraction of sp³-hybridized carbons (Fsp3) is 0.727. The van der Waals surface area contributed by atoms with Crippen molar-refractivity contribution in [3.8, 4) is 0 Å². The number of hydrogen-bond donors (Lipinski definition) is 2. The fourth-order valence-corrected chi connectivity index (χ4v) is 2.30. The second-order valence-corrected chi connectivity index (χ2v) is 4.70. The maximum atomic E-state index is 9.55. The van der Waals surface area contributed by atoms with E-state index in [9.17, 15) is 5.11 Å². The molecule has 15 heavy (non-hydrogen) atoms. The minimum Gasteiger partial charge on any atom is -0.396 e. The smallest absolute Gasteiger partial charge is 0.0521 e. The highest BCUT2D eigenvalue weighted by Gasteiger charge is 2.43. The molecule has 1 aromatic rings. The van der Waals surface area contributed by atoms with Crippen molar-refractivity contribution in [2.45, 2.75) is 19.3 Å². The molecule has 1 aliphatic carbocycles. The molecule has 4 heteroatoms. The third kappa shape index (κ3) is 2.06. The van der Waals surface area contributed by atoms with Crippen LogP contribution in [0.2, 0.25) is 0 Å². The summed E-state index contributed by atoms with van der Waals surface area (Å²) < 4.78 is 1.79. The van der Waals surface area contributed by atoms with Gasteiger partial charge in [0.15, 0.2) is 0 Å².